The maximum Gasteiger partial charge on any atom is 0.475 e. The number of aliphatic imine (C=N–C) groups is 1. The number of sulfone groups is 1. The van der Waals surface area contributed by atoms with Crippen LogP contribution in [-0.4, -0.2) is 74.7 Å². The lowest BCUT2D eigenvalue weighted by molar-refractivity contribution is -0.129. The van der Waals surface area contributed by atoms with Crippen molar-refractivity contribution in [3.8, 4) is 0 Å². The van der Waals surface area contributed by atoms with E-state index in [-0.39, 0.29) is 29.6 Å². The topological polar surface area (TPSA) is 183 Å². The summed E-state index contributed by atoms with van der Waals surface area (Å²) < 4.78 is 24.9. The quantitative estimate of drug-likeness (QED) is 0.0835. The summed E-state index contributed by atoms with van der Waals surface area (Å²) in [6, 6.07) is 6.80. The van der Waals surface area contributed by atoms with Crippen molar-refractivity contribution >= 4 is 34.7 Å². The fourth-order valence-corrected chi connectivity index (χ4v) is 4.42. The molecule has 34 heavy (non-hydrogen) atoms. The van der Waals surface area contributed by atoms with E-state index in [9.17, 15) is 28.1 Å². The molecule has 2 atom stereocenters. The molecule has 0 radical (unpaired) electrons. The molecule has 1 aromatic rings. The van der Waals surface area contributed by atoms with Gasteiger partial charge in [0.1, 0.15) is 6.04 Å². The number of hydrogen-bond acceptors (Lipinski definition) is 7. The van der Waals surface area contributed by atoms with Crippen molar-refractivity contribution in [2.45, 2.75) is 56.4 Å². The number of carbonyl (C=O) groups is 2. The molecule has 0 spiro atoms. The number of guanidine groups is 1. The normalized spacial score (nSPS) is 13.8. The molecule has 0 saturated heterocycles. The first-order valence-corrected chi connectivity index (χ1v) is 12.8. The summed E-state index contributed by atoms with van der Waals surface area (Å²) in [5.74, 6) is -2.19. The molecule has 190 valence electrons. The Hall–Kier alpha value is -2.64. The molecule has 1 rings (SSSR count). The summed E-state index contributed by atoms with van der Waals surface area (Å²) >= 11 is 0. The Labute approximate surface area is 201 Å². The Morgan fingerprint density at radius 2 is 1.79 bits per heavy atom. The van der Waals surface area contributed by atoms with Crippen molar-refractivity contribution in [1.29, 1.82) is 0 Å². The Kier molecular flexibility index (Phi) is 12.6. The van der Waals surface area contributed by atoms with Crippen molar-refractivity contribution in [1.82, 2.24) is 16.0 Å². The summed E-state index contributed by atoms with van der Waals surface area (Å²) in [5.41, 5.74) is 5.58. The van der Waals surface area contributed by atoms with Crippen LogP contribution in [0.1, 0.15) is 39.5 Å². The van der Waals surface area contributed by atoms with Gasteiger partial charge in [0.25, 0.3) is 0 Å². The van der Waals surface area contributed by atoms with Crippen molar-refractivity contribution in [2.75, 3.05) is 19.3 Å². The van der Waals surface area contributed by atoms with Crippen molar-refractivity contribution in [3.05, 3.63) is 30.3 Å². The molecule has 0 saturated carbocycles. The van der Waals surface area contributed by atoms with Crippen LogP contribution in [0.25, 0.3) is 0 Å². The van der Waals surface area contributed by atoms with Crippen molar-refractivity contribution in [2.24, 2.45) is 16.6 Å². The van der Waals surface area contributed by atoms with E-state index in [0.717, 1.165) is 0 Å². The van der Waals surface area contributed by atoms with Crippen molar-refractivity contribution < 1.29 is 28.1 Å². The number of hydrogen-bond donors (Lipinski definition) is 6. The minimum atomic E-state index is -3.65. The molecule has 13 heteroatoms. The molecule has 0 aliphatic rings. The van der Waals surface area contributed by atoms with E-state index in [2.05, 4.69) is 20.9 Å². The van der Waals surface area contributed by atoms with E-state index < -0.39 is 46.5 Å². The number of carbonyl (C=O) groups excluding carboxylic acids is 2. The third-order valence-electron chi connectivity index (χ3n) is 4.98. The Morgan fingerprint density at radius 3 is 2.35 bits per heavy atom. The second kappa shape index (κ2) is 14.6. The van der Waals surface area contributed by atoms with Crippen LogP contribution in [0, 0.1) is 5.92 Å². The van der Waals surface area contributed by atoms with Crippen LogP contribution in [0.4, 0.5) is 0 Å². The minimum Gasteiger partial charge on any atom is -0.426 e. The third kappa shape index (κ3) is 11.0. The standard InChI is InChI=1S/C21H36BN5O6S/c1-15(2)14-18(22(30)31)27-20(29)17(10-7-12-25-21(23)24-3)26-19(28)11-13-34(32,33)16-8-5-4-6-9-16/h4-6,8-9,15,17-18,30-31H,7,10-14H2,1-3H3,(H,26,28)(H,27,29)(H3,23,24,25)/t17-,18-/m0/s1. The van der Waals surface area contributed by atoms with Gasteiger partial charge in [-0.05, 0) is 37.3 Å². The first-order chi connectivity index (χ1) is 16.0. The smallest absolute Gasteiger partial charge is 0.426 e. The lowest BCUT2D eigenvalue weighted by atomic mass is 9.75. The van der Waals surface area contributed by atoms with E-state index in [4.69, 9.17) is 5.73 Å². The summed E-state index contributed by atoms with van der Waals surface area (Å²) in [4.78, 5) is 29.2. The van der Waals surface area contributed by atoms with Crippen LogP contribution in [-0.2, 0) is 19.4 Å². The zero-order valence-electron chi connectivity index (χ0n) is 19.9. The number of benzene rings is 1. The van der Waals surface area contributed by atoms with Crippen molar-refractivity contribution in [3.63, 3.8) is 0 Å². The second-order valence-electron chi connectivity index (χ2n) is 8.34. The third-order valence-corrected chi connectivity index (χ3v) is 6.71. The van der Waals surface area contributed by atoms with Crippen LogP contribution in [0.2, 0.25) is 0 Å². The maximum atomic E-state index is 12.8. The first-order valence-electron chi connectivity index (χ1n) is 11.2. The van der Waals surface area contributed by atoms with Crippen LogP contribution >= 0.6 is 0 Å². The fourth-order valence-electron chi connectivity index (χ4n) is 3.16. The number of rotatable bonds is 14. The minimum absolute atomic E-state index is 0.0869. The molecule has 0 fully saturated rings. The van der Waals surface area contributed by atoms with Gasteiger partial charge in [-0.15, -0.1) is 0 Å². The molecule has 2 amide bonds. The lowest BCUT2D eigenvalue weighted by Crippen LogP contribution is -2.54. The average Bonchev–Trinajstić information content (AvgIpc) is 2.79. The van der Waals surface area contributed by atoms with Gasteiger partial charge in [-0.2, -0.15) is 0 Å². The molecule has 0 bridgehead atoms. The molecule has 0 aliphatic heterocycles. The Bertz CT molecular complexity index is 911. The van der Waals surface area contributed by atoms with E-state index in [1.165, 1.54) is 19.2 Å². The van der Waals surface area contributed by atoms with Gasteiger partial charge in [0, 0.05) is 20.0 Å². The van der Waals surface area contributed by atoms with E-state index in [0.29, 0.717) is 19.4 Å². The Balaban J connectivity index is 2.81. The van der Waals surface area contributed by atoms with Gasteiger partial charge in [0.05, 0.1) is 16.6 Å². The number of nitrogens with zero attached hydrogens (tertiary/aromatic N) is 1. The predicted molar refractivity (Wildman–Crippen MR) is 131 cm³/mol. The zero-order chi connectivity index (χ0) is 25.7. The van der Waals surface area contributed by atoms with Gasteiger partial charge in [-0.25, -0.2) is 8.42 Å². The van der Waals surface area contributed by atoms with Crippen LogP contribution in [0.3, 0.4) is 0 Å². The zero-order valence-corrected chi connectivity index (χ0v) is 20.7. The molecular formula is C21H36BN5O6S. The van der Waals surface area contributed by atoms with Gasteiger partial charge < -0.3 is 31.7 Å². The number of nitrogens with two attached hydrogens (primary N) is 1. The highest BCUT2D eigenvalue weighted by Crippen LogP contribution is 2.12. The van der Waals surface area contributed by atoms with E-state index in [1.54, 1.807) is 18.2 Å². The van der Waals surface area contributed by atoms with Gasteiger partial charge in [0.2, 0.25) is 11.8 Å². The number of amides is 2. The van der Waals surface area contributed by atoms with E-state index >= 15 is 0 Å². The molecule has 1 aromatic carbocycles. The van der Waals surface area contributed by atoms with Gasteiger partial charge >= 0.3 is 7.12 Å². The Morgan fingerprint density at radius 1 is 1.15 bits per heavy atom. The lowest BCUT2D eigenvalue weighted by Gasteiger charge is -2.24. The summed E-state index contributed by atoms with van der Waals surface area (Å²) in [6.07, 6.45) is 0.646. The SMILES string of the molecule is CN=C(N)NCCC[C@H](NC(=O)CCS(=O)(=O)c1ccccc1)C(=O)N[C@@H](CC(C)C)B(O)O. The molecule has 11 nitrogen and oxygen atoms in total. The summed E-state index contributed by atoms with van der Waals surface area (Å²) in [5, 5.41) is 27.2. The van der Waals surface area contributed by atoms with Crippen LogP contribution in [0.15, 0.2) is 40.2 Å². The number of nitrogens with one attached hydrogen (secondary N) is 3. The highest BCUT2D eigenvalue weighted by molar-refractivity contribution is 7.91. The predicted octanol–water partition coefficient (Wildman–Crippen LogP) is -0.808. The van der Waals surface area contributed by atoms with Gasteiger partial charge in [-0.1, -0.05) is 32.0 Å². The van der Waals surface area contributed by atoms with E-state index in [1.807, 2.05) is 13.8 Å². The van der Waals surface area contributed by atoms with Crippen LogP contribution in [0.5, 0.6) is 0 Å². The van der Waals surface area contributed by atoms with Gasteiger partial charge in [-0.3, -0.25) is 14.6 Å². The molecule has 0 heterocycles. The largest absolute Gasteiger partial charge is 0.475 e. The molecule has 0 aliphatic carbocycles. The fraction of sp³-hybridized carbons (Fsp3) is 0.571. The molecular weight excluding hydrogens is 461 g/mol. The molecule has 7 N–H and O–H groups in total. The van der Waals surface area contributed by atoms with Gasteiger partial charge in [0.15, 0.2) is 15.8 Å². The average molecular weight is 497 g/mol. The first kappa shape index (κ1) is 29.4. The highest BCUT2D eigenvalue weighted by atomic mass is 32.2. The maximum absolute atomic E-state index is 12.8. The molecule has 0 unspecified atom stereocenters. The summed E-state index contributed by atoms with van der Waals surface area (Å²) in [6.45, 7) is 4.14. The summed E-state index contributed by atoms with van der Waals surface area (Å²) in [7, 11) is -3.89. The molecule has 0 aromatic heterocycles. The monoisotopic (exact) mass is 497 g/mol. The highest BCUT2D eigenvalue weighted by Gasteiger charge is 2.30. The second-order valence-corrected chi connectivity index (χ2v) is 10.4. The van der Waals surface area contributed by atoms with Crippen LogP contribution < -0.4 is 21.7 Å².